The molecule has 1 aromatic carbocycles. The van der Waals surface area contributed by atoms with Crippen LogP contribution < -0.4 is 5.32 Å². The second-order valence-electron chi connectivity index (χ2n) is 6.50. The van der Waals surface area contributed by atoms with Crippen molar-refractivity contribution >= 4 is 15.9 Å². The normalized spacial score (nSPS) is 21.3. The van der Waals surface area contributed by atoms with E-state index in [9.17, 15) is 0 Å². The fraction of sp³-hybridized carbons (Fsp3) is 0.647. The maximum absolute atomic E-state index is 3.75. The lowest BCUT2D eigenvalue weighted by Gasteiger charge is -2.32. The monoisotopic (exact) mass is 336 g/mol. The number of rotatable bonds is 5. The van der Waals surface area contributed by atoms with Crippen LogP contribution in [0, 0.1) is 12.8 Å². The zero-order chi connectivity index (χ0) is 13.9. The lowest BCUT2D eigenvalue weighted by molar-refractivity contribution is 0.190. The van der Waals surface area contributed by atoms with Crippen LogP contribution in [0.5, 0.6) is 0 Å². The van der Waals surface area contributed by atoms with Crippen LogP contribution in [0.4, 0.5) is 0 Å². The van der Waals surface area contributed by atoms with E-state index in [0.717, 1.165) is 18.5 Å². The van der Waals surface area contributed by atoms with Gasteiger partial charge in [0, 0.05) is 17.1 Å². The van der Waals surface area contributed by atoms with Gasteiger partial charge in [0.2, 0.25) is 0 Å². The van der Waals surface area contributed by atoms with Crippen LogP contribution in [0.1, 0.15) is 36.8 Å². The molecule has 1 heterocycles. The molecule has 3 rings (SSSR count). The molecule has 1 N–H and O–H groups in total. The van der Waals surface area contributed by atoms with Gasteiger partial charge in [-0.05, 0) is 75.4 Å². The van der Waals surface area contributed by atoms with Gasteiger partial charge in [-0.15, -0.1) is 0 Å². The lowest BCUT2D eigenvalue weighted by atomic mass is 10.0. The van der Waals surface area contributed by atoms with Gasteiger partial charge in [0.1, 0.15) is 0 Å². The molecule has 2 aliphatic rings. The van der Waals surface area contributed by atoms with E-state index in [2.05, 4.69) is 51.3 Å². The van der Waals surface area contributed by atoms with Crippen molar-refractivity contribution in [3.63, 3.8) is 0 Å². The molecular formula is C17H25BrN2. The zero-order valence-electron chi connectivity index (χ0n) is 12.4. The summed E-state index contributed by atoms with van der Waals surface area (Å²) < 4.78 is 1.26. The number of nitrogens with one attached hydrogen (secondary N) is 1. The fourth-order valence-corrected chi connectivity index (χ4v) is 3.59. The van der Waals surface area contributed by atoms with Crippen molar-refractivity contribution < 1.29 is 0 Å². The van der Waals surface area contributed by atoms with E-state index >= 15 is 0 Å². The SMILES string of the molecule is Cc1ccc(CN2CCC(NCC3CC3)CC2)c(Br)c1. The third kappa shape index (κ3) is 4.06. The molecule has 0 atom stereocenters. The van der Waals surface area contributed by atoms with Gasteiger partial charge in [-0.1, -0.05) is 28.1 Å². The highest BCUT2D eigenvalue weighted by Crippen LogP contribution is 2.28. The Morgan fingerprint density at radius 3 is 2.60 bits per heavy atom. The van der Waals surface area contributed by atoms with Gasteiger partial charge in [0.25, 0.3) is 0 Å². The average molecular weight is 337 g/mol. The van der Waals surface area contributed by atoms with E-state index < -0.39 is 0 Å². The lowest BCUT2D eigenvalue weighted by Crippen LogP contribution is -2.42. The highest BCUT2D eigenvalue weighted by Gasteiger charge is 2.24. The fourth-order valence-electron chi connectivity index (χ4n) is 2.97. The van der Waals surface area contributed by atoms with Gasteiger partial charge >= 0.3 is 0 Å². The first-order chi connectivity index (χ1) is 9.70. The number of hydrogen-bond donors (Lipinski definition) is 1. The molecule has 0 bridgehead atoms. The Kier molecular flexibility index (Phi) is 4.79. The summed E-state index contributed by atoms with van der Waals surface area (Å²) in [5, 5.41) is 3.75. The summed E-state index contributed by atoms with van der Waals surface area (Å²) in [5.74, 6) is 0.997. The van der Waals surface area contributed by atoms with Gasteiger partial charge in [0.15, 0.2) is 0 Å². The highest BCUT2D eigenvalue weighted by atomic mass is 79.9. The van der Waals surface area contributed by atoms with Crippen molar-refractivity contribution in [2.24, 2.45) is 5.92 Å². The minimum atomic E-state index is 0.758. The van der Waals surface area contributed by atoms with E-state index in [1.54, 1.807) is 0 Å². The Labute approximate surface area is 131 Å². The van der Waals surface area contributed by atoms with Crippen LogP contribution in [0.15, 0.2) is 22.7 Å². The molecule has 0 radical (unpaired) electrons. The molecule has 20 heavy (non-hydrogen) atoms. The Morgan fingerprint density at radius 2 is 1.95 bits per heavy atom. The minimum Gasteiger partial charge on any atom is -0.314 e. The number of halogens is 1. The summed E-state index contributed by atoms with van der Waals surface area (Å²) in [5.41, 5.74) is 2.74. The molecule has 1 saturated heterocycles. The Bertz CT molecular complexity index is 448. The predicted molar refractivity (Wildman–Crippen MR) is 87.9 cm³/mol. The van der Waals surface area contributed by atoms with Crippen LogP contribution in [0.25, 0.3) is 0 Å². The van der Waals surface area contributed by atoms with Crippen LogP contribution in [0.3, 0.4) is 0 Å². The first kappa shape index (κ1) is 14.6. The Balaban J connectivity index is 1.45. The molecular weight excluding hydrogens is 312 g/mol. The summed E-state index contributed by atoms with van der Waals surface area (Å²) in [4.78, 5) is 2.59. The van der Waals surface area contributed by atoms with Crippen molar-refractivity contribution in [1.29, 1.82) is 0 Å². The van der Waals surface area contributed by atoms with Crippen molar-refractivity contribution in [3.05, 3.63) is 33.8 Å². The molecule has 1 saturated carbocycles. The quantitative estimate of drug-likeness (QED) is 0.881. The molecule has 1 aliphatic carbocycles. The number of likely N-dealkylation sites (tertiary alicyclic amines) is 1. The summed E-state index contributed by atoms with van der Waals surface area (Å²) in [6.07, 6.45) is 5.51. The zero-order valence-corrected chi connectivity index (χ0v) is 14.0. The molecule has 0 spiro atoms. The standard InChI is InChI=1S/C17H25BrN2/c1-13-2-5-15(17(18)10-13)12-20-8-6-16(7-9-20)19-11-14-3-4-14/h2,5,10,14,16,19H,3-4,6-9,11-12H2,1H3. The van der Waals surface area contributed by atoms with Crippen molar-refractivity contribution in [2.45, 2.75) is 45.2 Å². The summed E-state index contributed by atoms with van der Waals surface area (Å²) in [6, 6.07) is 7.45. The smallest absolute Gasteiger partial charge is 0.0244 e. The molecule has 110 valence electrons. The van der Waals surface area contributed by atoms with Gasteiger partial charge in [-0.3, -0.25) is 4.90 Å². The van der Waals surface area contributed by atoms with E-state index in [-0.39, 0.29) is 0 Å². The van der Waals surface area contributed by atoms with Crippen molar-refractivity contribution in [2.75, 3.05) is 19.6 Å². The Hall–Kier alpha value is -0.380. The van der Waals surface area contributed by atoms with Gasteiger partial charge in [-0.2, -0.15) is 0 Å². The number of piperidine rings is 1. The van der Waals surface area contributed by atoms with Crippen LogP contribution in [-0.4, -0.2) is 30.6 Å². The van der Waals surface area contributed by atoms with Crippen LogP contribution >= 0.6 is 15.9 Å². The second kappa shape index (κ2) is 6.59. The highest BCUT2D eigenvalue weighted by molar-refractivity contribution is 9.10. The third-order valence-electron chi connectivity index (χ3n) is 4.58. The Morgan fingerprint density at radius 1 is 1.20 bits per heavy atom. The van der Waals surface area contributed by atoms with Crippen molar-refractivity contribution in [3.8, 4) is 0 Å². The van der Waals surface area contributed by atoms with E-state index in [0.29, 0.717) is 0 Å². The average Bonchev–Trinajstić information content (AvgIpc) is 3.25. The number of aryl methyl sites for hydroxylation is 1. The summed E-state index contributed by atoms with van der Waals surface area (Å²) >= 11 is 3.69. The van der Waals surface area contributed by atoms with Gasteiger partial charge in [0.05, 0.1) is 0 Å². The number of nitrogens with zero attached hydrogens (tertiary/aromatic N) is 1. The topological polar surface area (TPSA) is 15.3 Å². The van der Waals surface area contributed by atoms with Gasteiger partial charge < -0.3 is 5.32 Å². The van der Waals surface area contributed by atoms with Crippen LogP contribution in [-0.2, 0) is 6.54 Å². The largest absolute Gasteiger partial charge is 0.314 e. The predicted octanol–water partition coefficient (Wildman–Crippen LogP) is 3.72. The molecule has 2 fully saturated rings. The third-order valence-corrected chi connectivity index (χ3v) is 5.32. The van der Waals surface area contributed by atoms with E-state index in [1.165, 1.54) is 60.9 Å². The maximum atomic E-state index is 3.75. The molecule has 1 aliphatic heterocycles. The molecule has 0 aromatic heterocycles. The summed E-state index contributed by atoms with van der Waals surface area (Å²) in [7, 11) is 0. The van der Waals surface area contributed by atoms with E-state index in [1.807, 2.05) is 0 Å². The van der Waals surface area contributed by atoms with E-state index in [4.69, 9.17) is 0 Å². The second-order valence-corrected chi connectivity index (χ2v) is 7.35. The minimum absolute atomic E-state index is 0.758. The van der Waals surface area contributed by atoms with Crippen LogP contribution in [0.2, 0.25) is 0 Å². The molecule has 0 amide bonds. The maximum Gasteiger partial charge on any atom is 0.0244 e. The summed E-state index contributed by atoms with van der Waals surface area (Å²) in [6.45, 7) is 6.93. The van der Waals surface area contributed by atoms with Crippen molar-refractivity contribution in [1.82, 2.24) is 10.2 Å². The first-order valence-corrected chi connectivity index (χ1v) is 8.71. The molecule has 3 heteroatoms. The number of hydrogen-bond acceptors (Lipinski definition) is 2. The molecule has 1 aromatic rings. The van der Waals surface area contributed by atoms with Gasteiger partial charge in [-0.25, -0.2) is 0 Å². The molecule has 2 nitrogen and oxygen atoms in total. The first-order valence-electron chi connectivity index (χ1n) is 7.91. The number of benzene rings is 1. The molecule has 0 unspecified atom stereocenters.